The lowest BCUT2D eigenvalue weighted by Crippen LogP contribution is -2.39. The highest BCUT2D eigenvalue weighted by Gasteiger charge is 2.19. The molecular formula is C24H33NO3. The van der Waals surface area contributed by atoms with Crippen LogP contribution in [0.25, 0.3) is 0 Å². The summed E-state index contributed by atoms with van der Waals surface area (Å²) in [7, 11) is 0. The summed E-state index contributed by atoms with van der Waals surface area (Å²) in [5.41, 5.74) is 3.65. The highest BCUT2D eigenvalue weighted by Crippen LogP contribution is 2.25. The molecule has 2 aromatic carbocycles. The molecule has 1 atom stereocenters. The van der Waals surface area contributed by atoms with Crippen molar-refractivity contribution in [2.75, 3.05) is 13.2 Å². The Hall–Kier alpha value is -2.49. The van der Waals surface area contributed by atoms with Gasteiger partial charge in [-0.15, -0.1) is 0 Å². The number of carbonyl (C=O) groups excluding carboxylic acids is 1. The minimum atomic E-state index is -0.513. The van der Waals surface area contributed by atoms with E-state index in [1.807, 2.05) is 38.1 Å². The van der Waals surface area contributed by atoms with Gasteiger partial charge in [0.1, 0.15) is 18.1 Å². The second-order valence-electron chi connectivity index (χ2n) is 8.13. The third-order valence-corrected chi connectivity index (χ3v) is 4.88. The van der Waals surface area contributed by atoms with Gasteiger partial charge in [-0.25, -0.2) is 0 Å². The SMILES string of the molecule is CC[C@H](Oc1ccc(C(C)(C)C)cc1)C(=O)NCCOc1cccc(C)c1C. The van der Waals surface area contributed by atoms with E-state index < -0.39 is 6.10 Å². The van der Waals surface area contributed by atoms with Gasteiger partial charge in [0.2, 0.25) is 0 Å². The van der Waals surface area contributed by atoms with E-state index in [0.717, 1.165) is 11.3 Å². The van der Waals surface area contributed by atoms with E-state index in [1.54, 1.807) is 0 Å². The molecule has 4 heteroatoms. The summed E-state index contributed by atoms with van der Waals surface area (Å²) in [5.74, 6) is 1.45. The van der Waals surface area contributed by atoms with Crippen LogP contribution in [0.15, 0.2) is 42.5 Å². The largest absolute Gasteiger partial charge is 0.491 e. The molecule has 0 bridgehead atoms. The van der Waals surface area contributed by atoms with Gasteiger partial charge in [-0.05, 0) is 60.6 Å². The van der Waals surface area contributed by atoms with E-state index in [0.29, 0.717) is 25.3 Å². The quantitative estimate of drug-likeness (QED) is 0.656. The monoisotopic (exact) mass is 383 g/mol. The highest BCUT2D eigenvalue weighted by molar-refractivity contribution is 5.81. The first-order valence-corrected chi connectivity index (χ1v) is 9.96. The maximum Gasteiger partial charge on any atom is 0.261 e. The molecular weight excluding hydrogens is 350 g/mol. The van der Waals surface area contributed by atoms with Crippen molar-refractivity contribution in [3.8, 4) is 11.5 Å². The summed E-state index contributed by atoms with van der Waals surface area (Å²) < 4.78 is 11.7. The first-order valence-electron chi connectivity index (χ1n) is 9.96. The second-order valence-corrected chi connectivity index (χ2v) is 8.13. The number of rotatable bonds is 8. The standard InChI is InChI=1S/C24H33NO3/c1-7-21(28-20-13-11-19(12-14-20)24(4,5)6)23(26)25-15-16-27-22-10-8-9-17(2)18(22)3/h8-14,21H,7,15-16H2,1-6H3,(H,25,26)/t21-/m0/s1. The Bertz CT molecular complexity index is 775. The van der Waals surface area contributed by atoms with E-state index in [1.165, 1.54) is 11.1 Å². The number of ether oxygens (including phenoxy) is 2. The fraction of sp³-hybridized carbons (Fsp3) is 0.458. The molecule has 0 aliphatic rings. The van der Waals surface area contributed by atoms with Crippen molar-refractivity contribution >= 4 is 5.91 Å². The lowest BCUT2D eigenvalue weighted by atomic mass is 9.87. The average Bonchev–Trinajstić information content (AvgIpc) is 2.66. The predicted octanol–water partition coefficient (Wildman–Crippen LogP) is 4.95. The molecule has 1 N–H and O–H groups in total. The Morgan fingerprint density at radius 1 is 1.07 bits per heavy atom. The molecule has 1 amide bonds. The summed E-state index contributed by atoms with van der Waals surface area (Å²) in [6.45, 7) is 13.4. The Morgan fingerprint density at radius 2 is 1.75 bits per heavy atom. The third kappa shape index (κ3) is 6.01. The zero-order chi connectivity index (χ0) is 20.7. The van der Waals surface area contributed by atoms with Gasteiger partial charge in [0.15, 0.2) is 6.10 Å². The summed E-state index contributed by atoms with van der Waals surface area (Å²) in [4.78, 5) is 12.4. The van der Waals surface area contributed by atoms with Gasteiger partial charge in [-0.3, -0.25) is 4.79 Å². The minimum absolute atomic E-state index is 0.0930. The van der Waals surface area contributed by atoms with E-state index in [9.17, 15) is 4.79 Å². The first kappa shape index (κ1) is 21.8. The molecule has 4 nitrogen and oxygen atoms in total. The van der Waals surface area contributed by atoms with Crippen molar-refractivity contribution in [1.82, 2.24) is 5.32 Å². The van der Waals surface area contributed by atoms with Crippen LogP contribution in [-0.2, 0) is 10.2 Å². The van der Waals surface area contributed by atoms with Crippen molar-refractivity contribution < 1.29 is 14.3 Å². The molecule has 0 heterocycles. The van der Waals surface area contributed by atoms with E-state index >= 15 is 0 Å². The van der Waals surface area contributed by atoms with Gasteiger partial charge < -0.3 is 14.8 Å². The van der Waals surface area contributed by atoms with Gasteiger partial charge >= 0.3 is 0 Å². The summed E-state index contributed by atoms with van der Waals surface area (Å²) in [6.07, 6.45) is 0.0891. The van der Waals surface area contributed by atoms with E-state index in [-0.39, 0.29) is 11.3 Å². The van der Waals surface area contributed by atoms with Crippen LogP contribution < -0.4 is 14.8 Å². The van der Waals surface area contributed by atoms with Gasteiger partial charge in [0, 0.05) is 0 Å². The van der Waals surface area contributed by atoms with Crippen LogP contribution in [0, 0.1) is 13.8 Å². The molecule has 0 aromatic heterocycles. The fourth-order valence-corrected chi connectivity index (χ4v) is 2.85. The molecule has 0 aliphatic heterocycles. The number of hydrogen-bond acceptors (Lipinski definition) is 3. The van der Waals surface area contributed by atoms with Gasteiger partial charge in [0.05, 0.1) is 6.54 Å². The zero-order valence-corrected chi connectivity index (χ0v) is 18.0. The third-order valence-electron chi connectivity index (χ3n) is 4.88. The number of nitrogens with one attached hydrogen (secondary N) is 1. The predicted molar refractivity (Wildman–Crippen MR) is 114 cm³/mol. The Morgan fingerprint density at radius 3 is 2.36 bits per heavy atom. The molecule has 0 unspecified atom stereocenters. The molecule has 2 rings (SSSR count). The van der Waals surface area contributed by atoms with Crippen LogP contribution >= 0.6 is 0 Å². The lowest BCUT2D eigenvalue weighted by molar-refractivity contribution is -0.128. The van der Waals surface area contributed by atoms with Crippen molar-refractivity contribution in [2.24, 2.45) is 0 Å². The summed E-state index contributed by atoms with van der Waals surface area (Å²) >= 11 is 0. The second kappa shape index (κ2) is 9.63. The molecule has 28 heavy (non-hydrogen) atoms. The molecule has 2 aromatic rings. The van der Waals surface area contributed by atoms with Gasteiger partial charge in [-0.1, -0.05) is 52.0 Å². The van der Waals surface area contributed by atoms with Gasteiger partial charge in [-0.2, -0.15) is 0 Å². The van der Waals surface area contributed by atoms with Crippen LogP contribution in [0.3, 0.4) is 0 Å². The zero-order valence-electron chi connectivity index (χ0n) is 18.0. The van der Waals surface area contributed by atoms with Crippen molar-refractivity contribution in [3.05, 3.63) is 59.2 Å². The number of benzene rings is 2. The molecule has 152 valence electrons. The molecule has 0 saturated heterocycles. The Balaban J connectivity index is 1.83. The van der Waals surface area contributed by atoms with E-state index in [4.69, 9.17) is 9.47 Å². The van der Waals surface area contributed by atoms with Crippen molar-refractivity contribution in [1.29, 1.82) is 0 Å². The van der Waals surface area contributed by atoms with Crippen molar-refractivity contribution in [2.45, 2.75) is 59.5 Å². The molecule has 0 spiro atoms. The van der Waals surface area contributed by atoms with Crippen LogP contribution in [0.2, 0.25) is 0 Å². The number of hydrogen-bond donors (Lipinski definition) is 1. The van der Waals surface area contributed by atoms with Crippen LogP contribution in [-0.4, -0.2) is 25.2 Å². The summed E-state index contributed by atoms with van der Waals surface area (Å²) in [6, 6.07) is 13.9. The fourth-order valence-electron chi connectivity index (χ4n) is 2.85. The van der Waals surface area contributed by atoms with Crippen LogP contribution in [0.4, 0.5) is 0 Å². The van der Waals surface area contributed by atoms with Crippen LogP contribution in [0.5, 0.6) is 11.5 Å². The highest BCUT2D eigenvalue weighted by atomic mass is 16.5. The van der Waals surface area contributed by atoms with Crippen molar-refractivity contribution in [3.63, 3.8) is 0 Å². The maximum absolute atomic E-state index is 12.4. The molecule has 0 aliphatic carbocycles. The first-order chi connectivity index (χ1) is 13.2. The number of amides is 1. The molecule has 0 saturated carbocycles. The maximum atomic E-state index is 12.4. The molecule has 0 fully saturated rings. The smallest absolute Gasteiger partial charge is 0.261 e. The van der Waals surface area contributed by atoms with Crippen LogP contribution in [0.1, 0.15) is 50.8 Å². The van der Waals surface area contributed by atoms with E-state index in [2.05, 4.69) is 51.2 Å². The summed E-state index contributed by atoms with van der Waals surface area (Å²) in [5, 5.41) is 2.90. The van der Waals surface area contributed by atoms with Gasteiger partial charge in [0.25, 0.3) is 5.91 Å². The Kier molecular flexibility index (Phi) is 7.50. The lowest BCUT2D eigenvalue weighted by Gasteiger charge is -2.21. The Labute approximate surface area is 169 Å². The average molecular weight is 384 g/mol. The normalized spacial score (nSPS) is 12.4. The number of aryl methyl sites for hydroxylation is 1. The minimum Gasteiger partial charge on any atom is -0.491 e. The number of carbonyl (C=O) groups is 1. The molecule has 0 radical (unpaired) electrons. The topological polar surface area (TPSA) is 47.6 Å².